The molecule has 1 atom stereocenters. The van der Waals surface area contributed by atoms with Crippen LogP contribution < -0.4 is 5.32 Å². The zero-order valence-electron chi connectivity index (χ0n) is 15.5. The van der Waals surface area contributed by atoms with Crippen molar-refractivity contribution < 1.29 is 23.5 Å². The molecule has 25 heavy (non-hydrogen) atoms. The molecule has 1 aromatic carbocycles. The molecule has 0 radical (unpaired) electrons. The van der Waals surface area contributed by atoms with Gasteiger partial charge in [-0.2, -0.15) is 0 Å². The van der Waals surface area contributed by atoms with Gasteiger partial charge in [0.15, 0.2) is 0 Å². The van der Waals surface area contributed by atoms with Crippen molar-refractivity contribution in [1.82, 2.24) is 10.2 Å². The van der Waals surface area contributed by atoms with Gasteiger partial charge in [0.25, 0.3) is 0 Å². The summed E-state index contributed by atoms with van der Waals surface area (Å²) < 4.78 is 23.7. The molecule has 1 N–H and O–H groups in total. The second kappa shape index (κ2) is 9.25. The Morgan fingerprint density at radius 2 is 2.00 bits per heavy atom. The summed E-state index contributed by atoms with van der Waals surface area (Å²) in [6.07, 6.45) is -1.08. The molecule has 1 aromatic rings. The van der Waals surface area contributed by atoms with Crippen molar-refractivity contribution >= 4 is 12.2 Å². The van der Waals surface area contributed by atoms with Crippen LogP contribution in [0, 0.1) is 5.82 Å². The van der Waals surface area contributed by atoms with Crippen LogP contribution in [-0.2, 0) is 9.47 Å². The van der Waals surface area contributed by atoms with Gasteiger partial charge in [0.05, 0.1) is 12.6 Å². The van der Waals surface area contributed by atoms with Crippen LogP contribution in [0.25, 0.3) is 0 Å². The lowest BCUT2D eigenvalue weighted by molar-refractivity contribution is 0.0510. The van der Waals surface area contributed by atoms with Gasteiger partial charge in [-0.1, -0.05) is 12.1 Å². The lowest BCUT2D eigenvalue weighted by Gasteiger charge is -2.29. The first kappa shape index (κ1) is 20.7. The van der Waals surface area contributed by atoms with Gasteiger partial charge in [0.1, 0.15) is 11.4 Å². The molecule has 0 fully saturated rings. The molecule has 0 saturated heterocycles. The topological polar surface area (TPSA) is 67.9 Å². The van der Waals surface area contributed by atoms with Crippen molar-refractivity contribution in [2.24, 2.45) is 0 Å². The Morgan fingerprint density at radius 1 is 1.32 bits per heavy atom. The molecule has 1 rings (SSSR count). The molecule has 0 heterocycles. The highest BCUT2D eigenvalue weighted by molar-refractivity contribution is 5.69. The number of amides is 2. The third-order valence-electron chi connectivity index (χ3n) is 3.32. The molecule has 0 bridgehead atoms. The summed E-state index contributed by atoms with van der Waals surface area (Å²) in [4.78, 5) is 25.4. The minimum absolute atomic E-state index is 0.188. The van der Waals surface area contributed by atoms with Crippen molar-refractivity contribution in [3.63, 3.8) is 0 Å². The fraction of sp³-hybridized carbons (Fsp3) is 0.556. The molecule has 0 unspecified atom stereocenters. The minimum Gasteiger partial charge on any atom is -0.450 e. The summed E-state index contributed by atoms with van der Waals surface area (Å²) in [6.45, 7) is 9.41. The minimum atomic E-state index is -0.597. The molecule has 0 aliphatic rings. The van der Waals surface area contributed by atoms with E-state index in [9.17, 15) is 14.0 Å². The highest BCUT2D eigenvalue weighted by atomic mass is 19.1. The first-order valence-corrected chi connectivity index (χ1v) is 8.29. The van der Waals surface area contributed by atoms with Crippen LogP contribution in [0.1, 0.15) is 46.2 Å². The number of rotatable bonds is 6. The lowest BCUT2D eigenvalue weighted by Crippen LogP contribution is -2.41. The van der Waals surface area contributed by atoms with Gasteiger partial charge in [0.2, 0.25) is 0 Å². The van der Waals surface area contributed by atoms with E-state index in [1.54, 1.807) is 46.8 Å². The molecular formula is C18H27FN2O4. The van der Waals surface area contributed by atoms with Crippen molar-refractivity contribution in [2.75, 3.05) is 19.7 Å². The van der Waals surface area contributed by atoms with Crippen LogP contribution in [0.15, 0.2) is 24.3 Å². The zero-order chi connectivity index (χ0) is 19.0. The molecule has 0 spiro atoms. The van der Waals surface area contributed by atoms with Gasteiger partial charge in [-0.3, -0.25) is 4.90 Å². The number of benzene rings is 1. The largest absolute Gasteiger partial charge is 0.450 e. The van der Waals surface area contributed by atoms with E-state index in [-0.39, 0.29) is 25.5 Å². The van der Waals surface area contributed by atoms with Crippen molar-refractivity contribution in [3.05, 3.63) is 35.6 Å². The van der Waals surface area contributed by atoms with Gasteiger partial charge in [-0.25, -0.2) is 14.0 Å². The Bertz CT molecular complexity index is 587. The standard InChI is InChI=1S/C18H27FN2O4/c1-6-24-17(23)21(11-10-20-16(22)25-18(3,4)5)13(2)14-8-7-9-15(19)12-14/h7-9,12-13H,6,10-11H2,1-5H3,(H,20,22)/t13-/m1/s1. The second-order valence-electron chi connectivity index (χ2n) is 6.55. The maximum atomic E-state index is 13.4. The van der Waals surface area contributed by atoms with E-state index in [2.05, 4.69) is 5.32 Å². The molecule has 0 aliphatic carbocycles. The summed E-state index contributed by atoms with van der Waals surface area (Å²) >= 11 is 0. The van der Waals surface area contributed by atoms with E-state index < -0.39 is 23.8 Å². The number of nitrogens with zero attached hydrogens (tertiary/aromatic N) is 1. The molecule has 2 amide bonds. The molecule has 7 heteroatoms. The van der Waals surface area contributed by atoms with Crippen molar-refractivity contribution in [2.45, 2.75) is 46.3 Å². The van der Waals surface area contributed by atoms with E-state index in [0.717, 1.165) is 0 Å². The Kier molecular flexibility index (Phi) is 7.67. The number of ether oxygens (including phenoxy) is 2. The molecule has 140 valence electrons. The number of carbonyl (C=O) groups excluding carboxylic acids is 2. The fourth-order valence-electron chi connectivity index (χ4n) is 2.19. The van der Waals surface area contributed by atoms with Crippen LogP contribution in [0.4, 0.5) is 14.0 Å². The fourth-order valence-corrected chi connectivity index (χ4v) is 2.19. The molecular weight excluding hydrogens is 327 g/mol. The van der Waals surface area contributed by atoms with E-state index in [1.807, 2.05) is 0 Å². The number of halogens is 1. The van der Waals surface area contributed by atoms with E-state index in [1.165, 1.54) is 17.0 Å². The van der Waals surface area contributed by atoms with Crippen LogP contribution in [0.2, 0.25) is 0 Å². The normalized spacial score (nSPS) is 12.2. The molecule has 0 saturated carbocycles. The average Bonchev–Trinajstić information content (AvgIpc) is 2.49. The smallest absolute Gasteiger partial charge is 0.410 e. The quantitative estimate of drug-likeness (QED) is 0.842. The summed E-state index contributed by atoms with van der Waals surface area (Å²) in [5.74, 6) is -0.375. The molecule has 6 nitrogen and oxygen atoms in total. The van der Waals surface area contributed by atoms with Gasteiger partial charge in [0, 0.05) is 13.1 Å². The Labute approximate surface area is 148 Å². The summed E-state index contributed by atoms with van der Waals surface area (Å²) in [6, 6.07) is 5.63. The number of carbonyl (C=O) groups is 2. The zero-order valence-corrected chi connectivity index (χ0v) is 15.5. The summed E-state index contributed by atoms with van der Waals surface area (Å²) in [5, 5.41) is 2.60. The van der Waals surface area contributed by atoms with Crippen LogP contribution in [0.5, 0.6) is 0 Å². The Hall–Kier alpha value is -2.31. The predicted molar refractivity (Wildman–Crippen MR) is 92.8 cm³/mol. The highest BCUT2D eigenvalue weighted by Crippen LogP contribution is 2.21. The van der Waals surface area contributed by atoms with Gasteiger partial charge in [-0.15, -0.1) is 0 Å². The predicted octanol–water partition coefficient (Wildman–Crippen LogP) is 3.87. The van der Waals surface area contributed by atoms with Crippen molar-refractivity contribution in [3.8, 4) is 0 Å². The van der Waals surface area contributed by atoms with Gasteiger partial charge in [-0.05, 0) is 52.3 Å². The number of hydrogen-bond donors (Lipinski definition) is 1. The first-order chi connectivity index (χ1) is 11.6. The third-order valence-corrected chi connectivity index (χ3v) is 3.32. The summed E-state index contributed by atoms with van der Waals surface area (Å²) in [5.41, 5.74) is 0.0464. The molecule has 0 aliphatic heterocycles. The van der Waals surface area contributed by atoms with Crippen molar-refractivity contribution in [1.29, 1.82) is 0 Å². The van der Waals surface area contributed by atoms with Gasteiger partial charge >= 0.3 is 12.2 Å². The van der Waals surface area contributed by atoms with Crippen LogP contribution in [-0.4, -0.2) is 42.4 Å². The average molecular weight is 354 g/mol. The summed E-state index contributed by atoms with van der Waals surface area (Å²) in [7, 11) is 0. The Morgan fingerprint density at radius 3 is 2.56 bits per heavy atom. The monoisotopic (exact) mass is 354 g/mol. The van der Waals surface area contributed by atoms with E-state index >= 15 is 0 Å². The van der Waals surface area contributed by atoms with E-state index in [4.69, 9.17) is 9.47 Å². The first-order valence-electron chi connectivity index (χ1n) is 8.29. The third kappa shape index (κ3) is 7.41. The number of alkyl carbamates (subject to hydrolysis) is 1. The SMILES string of the molecule is CCOC(=O)N(CCNC(=O)OC(C)(C)C)[C@H](C)c1cccc(F)c1. The molecule has 0 aromatic heterocycles. The highest BCUT2D eigenvalue weighted by Gasteiger charge is 2.23. The van der Waals surface area contributed by atoms with E-state index in [0.29, 0.717) is 5.56 Å². The maximum absolute atomic E-state index is 13.4. The second-order valence-corrected chi connectivity index (χ2v) is 6.55. The lowest BCUT2D eigenvalue weighted by atomic mass is 10.1. The maximum Gasteiger partial charge on any atom is 0.410 e. The van der Waals surface area contributed by atoms with Crippen LogP contribution >= 0.6 is 0 Å². The Balaban J connectivity index is 2.74. The van der Waals surface area contributed by atoms with Gasteiger partial charge < -0.3 is 14.8 Å². The number of nitrogens with one attached hydrogen (secondary N) is 1. The number of hydrogen-bond acceptors (Lipinski definition) is 4. The van der Waals surface area contributed by atoms with Crippen LogP contribution in [0.3, 0.4) is 0 Å².